The van der Waals surface area contributed by atoms with Crippen molar-refractivity contribution in [2.45, 2.75) is 43.4 Å². The fourth-order valence-electron chi connectivity index (χ4n) is 5.46. The third kappa shape index (κ3) is 2.56. The first-order valence-electron chi connectivity index (χ1n) is 10.5. The molecule has 156 valence electrons. The van der Waals surface area contributed by atoms with E-state index in [9.17, 15) is 9.59 Å². The number of anilines is 1. The molecule has 0 unspecified atom stereocenters. The van der Waals surface area contributed by atoms with Crippen LogP contribution in [0.2, 0.25) is 0 Å². The van der Waals surface area contributed by atoms with Crippen molar-refractivity contribution in [3.8, 4) is 5.75 Å². The van der Waals surface area contributed by atoms with Gasteiger partial charge in [0, 0.05) is 12.1 Å². The molecule has 30 heavy (non-hydrogen) atoms. The maximum absolute atomic E-state index is 13.5. The van der Waals surface area contributed by atoms with Crippen molar-refractivity contribution >= 4 is 38.5 Å². The van der Waals surface area contributed by atoms with Crippen LogP contribution in [0.3, 0.4) is 0 Å². The summed E-state index contributed by atoms with van der Waals surface area (Å²) in [5.74, 6) is -0.346. The van der Waals surface area contributed by atoms with Gasteiger partial charge < -0.3 is 14.8 Å². The molecule has 2 aromatic rings. The summed E-state index contributed by atoms with van der Waals surface area (Å²) in [6.45, 7) is 0.396. The molecule has 2 amide bonds. The Labute approximate surface area is 178 Å². The zero-order valence-electron chi connectivity index (χ0n) is 16.7. The number of carbonyl (C=O) groups excluding carboxylic acids is 2. The van der Waals surface area contributed by atoms with Gasteiger partial charge in [-0.2, -0.15) is 0 Å². The molecule has 2 bridgehead atoms. The molecule has 1 spiro atoms. The summed E-state index contributed by atoms with van der Waals surface area (Å²) in [7, 11) is 1.62. The van der Waals surface area contributed by atoms with Crippen LogP contribution in [0.1, 0.15) is 25.7 Å². The number of aromatic nitrogens is 1. The number of benzene rings is 1. The Kier molecular flexibility index (Phi) is 3.98. The topological polar surface area (TPSA) is 80.8 Å². The number of rotatable bonds is 4. The third-order valence-electron chi connectivity index (χ3n) is 6.92. The van der Waals surface area contributed by atoms with Crippen molar-refractivity contribution in [3.05, 3.63) is 30.4 Å². The summed E-state index contributed by atoms with van der Waals surface area (Å²) in [6.07, 6.45) is 7.96. The molecule has 8 heteroatoms. The first-order valence-corrected chi connectivity index (χ1v) is 11.3. The van der Waals surface area contributed by atoms with E-state index < -0.39 is 17.4 Å². The van der Waals surface area contributed by atoms with Crippen molar-refractivity contribution in [2.24, 2.45) is 11.8 Å². The molecule has 6 rings (SSSR count). The van der Waals surface area contributed by atoms with Crippen molar-refractivity contribution in [1.82, 2.24) is 10.3 Å². The number of nitrogens with one attached hydrogen (secondary N) is 1. The fraction of sp³-hybridized carbons (Fsp3) is 0.500. The lowest BCUT2D eigenvalue weighted by atomic mass is 9.76. The van der Waals surface area contributed by atoms with Crippen molar-refractivity contribution in [3.63, 3.8) is 0 Å². The maximum Gasteiger partial charge on any atom is 0.236 e. The predicted molar refractivity (Wildman–Crippen MR) is 113 cm³/mol. The molecule has 1 aromatic carbocycles. The molecule has 1 aliphatic carbocycles. The van der Waals surface area contributed by atoms with Crippen LogP contribution < -0.4 is 15.0 Å². The third-order valence-corrected chi connectivity index (χ3v) is 7.98. The van der Waals surface area contributed by atoms with Crippen LogP contribution in [0.4, 0.5) is 5.13 Å². The summed E-state index contributed by atoms with van der Waals surface area (Å²) >= 11 is 1.47. The van der Waals surface area contributed by atoms with Crippen LogP contribution in [0, 0.1) is 11.8 Å². The molecule has 1 saturated carbocycles. The van der Waals surface area contributed by atoms with Crippen LogP contribution in [-0.2, 0) is 14.3 Å². The Morgan fingerprint density at radius 1 is 1.37 bits per heavy atom. The molecule has 2 saturated heterocycles. The fourth-order valence-corrected chi connectivity index (χ4v) is 6.42. The zero-order chi connectivity index (χ0) is 20.5. The number of carbonyl (C=O) groups is 2. The Hall–Kier alpha value is -2.45. The minimum absolute atomic E-state index is 0.0487. The van der Waals surface area contributed by atoms with Crippen LogP contribution in [0.15, 0.2) is 30.4 Å². The van der Waals surface area contributed by atoms with Crippen LogP contribution in [0.5, 0.6) is 5.75 Å². The second kappa shape index (κ2) is 6.52. The van der Waals surface area contributed by atoms with E-state index in [4.69, 9.17) is 9.47 Å². The second-order valence-corrected chi connectivity index (χ2v) is 9.65. The molecule has 0 radical (unpaired) electrons. The average molecular weight is 426 g/mol. The number of amides is 2. The van der Waals surface area contributed by atoms with Gasteiger partial charge in [-0.3, -0.25) is 14.5 Å². The highest BCUT2D eigenvalue weighted by molar-refractivity contribution is 7.22. The molecule has 4 atom stereocenters. The lowest BCUT2D eigenvalue weighted by Gasteiger charge is -2.24. The first-order chi connectivity index (χ1) is 14.6. The van der Waals surface area contributed by atoms with Crippen LogP contribution >= 0.6 is 11.3 Å². The summed E-state index contributed by atoms with van der Waals surface area (Å²) in [5, 5.41) is 3.81. The SMILES string of the molecule is COc1ccc2sc(N3C[C@@]45C=C[C@H](O4)[C@H](C(=O)NC4CCCC4)[C@@H]5C3=O)nc2c1. The largest absolute Gasteiger partial charge is 0.497 e. The smallest absolute Gasteiger partial charge is 0.236 e. The van der Waals surface area contributed by atoms with E-state index in [2.05, 4.69) is 10.3 Å². The quantitative estimate of drug-likeness (QED) is 0.762. The Balaban J connectivity index is 1.30. The molecular weight excluding hydrogens is 402 g/mol. The molecule has 4 heterocycles. The molecular formula is C22H23N3O4S. The Morgan fingerprint density at radius 3 is 3.00 bits per heavy atom. The van der Waals surface area contributed by atoms with E-state index in [-0.39, 0.29) is 24.0 Å². The number of nitrogens with zero attached hydrogens (tertiary/aromatic N) is 2. The van der Waals surface area contributed by atoms with E-state index in [1.54, 1.807) is 12.0 Å². The molecule has 1 aromatic heterocycles. The lowest BCUT2D eigenvalue weighted by Crippen LogP contribution is -2.46. The number of hydrogen-bond acceptors (Lipinski definition) is 6. The van der Waals surface area contributed by atoms with Gasteiger partial charge in [0.25, 0.3) is 0 Å². The number of ether oxygens (including phenoxy) is 2. The number of hydrogen-bond donors (Lipinski definition) is 1. The van der Waals surface area contributed by atoms with Gasteiger partial charge in [0.15, 0.2) is 5.13 Å². The molecule has 4 aliphatic rings. The zero-order valence-corrected chi connectivity index (χ0v) is 17.5. The Bertz CT molecular complexity index is 1080. The van der Waals surface area contributed by atoms with Crippen molar-refractivity contribution in [2.75, 3.05) is 18.6 Å². The summed E-state index contributed by atoms with van der Waals surface area (Å²) in [6, 6.07) is 5.94. The highest BCUT2D eigenvalue weighted by Crippen LogP contribution is 2.53. The van der Waals surface area contributed by atoms with Gasteiger partial charge in [-0.1, -0.05) is 36.3 Å². The van der Waals surface area contributed by atoms with E-state index in [0.717, 1.165) is 41.6 Å². The van der Waals surface area contributed by atoms with E-state index in [1.165, 1.54) is 11.3 Å². The van der Waals surface area contributed by atoms with Crippen molar-refractivity contribution in [1.29, 1.82) is 0 Å². The van der Waals surface area contributed by atoms with E-state index >= 15 is 0 Å². The standard InChI is InChI=1S/C22H23N3O4S/c1-28-13-6-7-16-14(10-13)24-21(30-16)25-11-22-9-8-15(29-22)17(18(22)20(25)27)19(26)23-12-4-2-3-5-12/h6-10,12,15,17-18H,2-5,11H2,1H3,(H,23,26)/t15-,17-,18+,22+/m0/s1. The summed E-state index contributed by atoms with van der Waals surface area (Å²) < 4.78 is 12.5. The van der Waals surface area contributed by atoms with Gasteiger partial charge in [-0.25, -0.2) is 4.98 Å². The second-order valence-electron chi connectivity index (χ2n) is 8.64. The van der Waals surface area contributed by atoms with E-state index in [1.807, 2.05) is 30.4 Å². The Morgan fingerprint density at radius 2 is 2.20 bits per heavy atom. The highest BCUT2D eigenvalue weighted by Gasteiger charge is 2.67. The van der Waals surface area contributed by atoms with Crippen LogP contribution in [0.25, 0.3) is 10.2 Å². The highest BCUT2D eigenvalue weighted by atomic mass is 32.1. The van der Waals surface area contributed by atoms with Gasteiger partial charge in [0.1, 0.15) is 11.4 Å². The minimum atomic E-state index is -0.727. The normalized spacial score (nSPS) is 32.4. The maximum atomic E-state index is 13.5. The van der Waals surface area contributed by atoms with Gasteiger partial charge >= 0.3 is 0 Å². The number of thiazole rings is 1. The van der Waals surface area contributed by atoms with Gasteiger partial charge in [0.2, 0.25) is 11.8 Å². The van der Waals surface area contributed by atoms with Crippen molar-refractivity contribution < 1.29 is 19.1 Å². The lowest BCUT2D eigenvalue weighted by molar-refractivity contribution is -0.132. The minimum Gasteiger partial charge on any atom is -0.497 e. The van der Waals surface area contributed by atoms with Gasteiger partial charge in [0.05, 0.1) is 41.8 Å². The monoisotopic (exact) mass is 425 g/mol. The predicted octanol–water partition coefficient (Wildman–Crippen LogP) is 2.65. The molecule has 3 fully saturated rings. The molecule has 3 aliphatic heterocycles. The molecule has 1 N–H and O–H groups in total. The first kappa shape index (κ1) is 18.3. The van der Waals surface area contributed by atoms with Gasteiger partial charge in [-0.05, 0) is 25.0 Å². The van der Waals surface area contributed by atoms with Gasteiger partial charge in [-0.15, -0.1) is 0 Å². The molecule has 7 nitrogen and oxygen atoms in total. The number of fused-ring (bicyclic) bond motifs is 2. The van der Waals surface area contributed by atoms with Crippen LogP contribution in [-0.4, -0.2) is 48.2 Å². The van der Waals surface area contributed by atoms with E-state index in [0.29, 0.717) is 11.7 Å². The number of methoxy groups -OCH3 is 1. The summed E-state index contributed by atoms with van der Waals surface area (Å²) in [4.78, 5) is 33.0. The summed E-state index contributed by atoms with van der Waals surface area (Å²) in [5.41, 5.74) is 0.0719. The average Bonchev–Trinajstić information content (AvgIpc) is 3.54.